The third-order valence-electron chi connectivity index (χ3n) is 4.14. The van der Waals surface area contributed by atoms with Crippen LogP contribution < -0.4 is 0 Å². The van der Waals surface area contributed by atoms with Gasteiger partial charge in [0.1, 0.15) is 17.2 Å². The van der Waals surface area contributed by atoms with Gasteiger partial charge in [-0.05, 0) is 50.6 Å². The molecule has 1 amide bonds. The highest BCUT2D eigenvalue weighted by atomic mass is 16.3. The van der Waals surface area contributed by atoms with E-state index in [9.17, 15) is 9.59 Å². The summed E-state index contributed by atoms with van der Waals surface area (Å²) >= 11 is 0. The van der Waals surface area contributed by atoms with Crippen molar-refractivity contribution in [3.8, 4) is 0 Å². The number of rotatable bonds is 6. The van der Waals surface area contributed by atoms with Gasteiger partial charge in [0.2, 0.25) is 0 Å². The topological polar surface area (TPSA) is 79.5 Å². The molecule has 0 aliphatic carbocycles. The number of ketones is 1. The first-order valence-electron chi connectivity index (χ1n) is 8.01. The molecule has 0 bridgehead atoms. The lowest BCUT2D eigenvalue weighted by atomic mass is 10.1. The lowest BCUT2D eigenvalue weighted by Gasteiger charge is -2.20. The zero-order chi connectivity index (χ0) is 18.0. The number of hydrogen-bond donors (Lipinski definition) is 1. The zero-order valence-electron chi connectivity index (χ0n) is 14.5. The van der Waals surface area contributed by atoms with Crippen LogP contribution in [-0.4, -0.2) is 21.6 Å². The molecule has 0 spiro atoms. The van der Waals surface area contributed by atoms with E-state index in [1.807, 2.05) is 12.1 Å². The van der Waals surface area contributed by atoms with Crippen LogP contribution in [-0.2, 0) is 13.1 Å². The Hall–Kier alpha value is -3.02. The van der Waals surface area contributed by atoms with E-state index in [1.165, 1.54) is 6.92 Å². The van der Waals surface area contributed by atoms with Crippen LogP contribution in [0.5, 0.6) is 0 Å². The minimum absolute atomic E-state index is 0.0612. The number of carbonyl (C=O) groups excluding carboxylic acids is 2. The fraction of sp³-hybridized carbons (Fsp3) is 0.263. The van der Waals surface area contributed by atoms with Crippen LogP contribution in [0.25, 0.3) is 0 Å². The van der Waals surface area contributed by atoms with Gasteiger partial charge in [-0.2, -0.15) is 0 Å². The number of Topliss-reactive ketones (excluding diaryl/α,β-unsaturated/α-hetero) is 1. The fourth-order valence-corrected chi connectivity index (χ4v) is 3.03. The van der Waals surface area contributed by atoms with Crippen LogP contribution in [0.3, 0.4) is 0 Å². The maximum atomic E-state index is 13.1. The Balaban J connectivity index is 1.93. The standard InChI is InChI=1S/C19H20N2O4/c1-12-17(14(3)22)13(2)20-18(12)19(23)21(10-15-6-4-8-24-15)11-16-7-5-9-25-16/h4-9,20H,10-11H2,1-3H3. The van der Waals surface area contributed by atoms with E-state index in [4.69, 9.17) is 8.83 Å². The van der Waals surface area contributed by atoms with Gasteiger partial charge >= 0.3 is 0 Å². The molecule has 3 aromatic rings. The van der Waals surface area contributed by atoms with Crippen LogP contribution in [0, 0.1) is 13.8 Å². The van der Waals surface area contributed by atoms with Gasteiger partial charge < -0.3 is 18.7 Å². The summed E-state index contributed by atoms with van der Waals surface area (Å²) in [6.45, 7) is 5.69. The Kier molecular flexibility index (Phi) is 4.61. The average Bonchev–Trinajstić information content (AvgIpc) is 3.28. The minimum atomic E-state index is -0.207. The molecule has 3 heterocycles. The molecule has 25 heavy (non-hydrogen) atoms. The van der Waals surface area contributed by atoms with Crippen molar-refractivity contribution in [1.29, 1.82) is 0 Å². The number of furan rings is 2. The van der Waals surface area contributed by atoms with Gasteiger partial charge in [0.05, 0.1) is 25.6 Å². The SMILES string of the molecule is CC(=O)c1c(C)[nH]c(C(=O)N(Cc2ccco2)Cc2ccco2)c1C. The van der Waals surface area contributed by atoms with Gasteiger partial charge in [-0.3, -0.25) is 9.59 Å². The maximum Gasteiger partial charge on any atom is 0.271 e. The molecule has 130 valence electrons. The summed E-state index contributed by atoms with van der Waals surface area (Å²) in [6.07, 6.45) is 3.14. The van der Waals surface area contributed by atoms with Gasteiger partial charge in [-0.1, -0.05) is 0 Å². The molecule has 0 atom stereocenters. The van der Waals surface area contributed by atoms with Crippen molar-refractivity contribution in [3.05, 3.63) is 70.8 Å². The summed E-state index contributed by atoms with van der Waals surface area (Å²) in [5, 5.41) is 0. The summed E-state index contributed by atoms with van der Waals surface area (Å²) in [5.41, 5.74) is 2.35. The molecule has 0 saturated carbocycles. The number of hydrogen-bond acceptors (Lipinski definition) is 4. The van der Waals surface area contributed by atoms with Gasteiger partial charge in [-0.15, -0.1) is 0 Å². The molecule has 6 heteroatoms. The second kappa shape index (κ2) is 6.84. The number of nitrogens with zero attached hydrogens (tertiary/aromatic N) is 1. The van der Waals surface area contributed by atoms with Crippen molar-refractivity contribution in [2.45, 2.75) is 33.9 Å². The van der Waals surface area contributed by atoms with E-state index in [0.717, 1.165) is 0 Å². The molecule has 0 radical (unpaired) electrons. The molecule has 0 aliphatic heterocycles. The largest absolute Gasteiger partial charge is 0.467 e. The summed E-state index contributed by atoms with van der Waals surface area (Å²) in [4.78, 5) is 29.6. The molecular weight excluding hydrogens is 320 g/mol. The predicted octanol–water partition coefficient (Wildman–Crippen LogP) is 3.86. The molecule has 0 saturated heterocycles. The summed E-state index contributed by atoms with van der Waals surface area (Å²) in [6, 6.07) is 7.19. The number of aromatic nitrogens is 1. The second-order valence-corrected chi connectivity index (χ2v) is 6.00. The fourth-order valence-electron chi connectivity index (χ4n) is 3.03. The van der Waals surface area contributed by atoms with Gasteiger partial charge in [0, 0.05) is 11.3 Å². The van der Waals surface area contributed by atoms with E-state index in [0.29, 0.717) is 47.1 Å². The zero-order valence-corrected chi connectivity index (χ0v) is 14.5. The molecule has 0 fully saturated rings. The number of aryl methyl sites for hydroxylation is 1. The Morgan fingerprint density at radius 2 is 1.60 bits per heavy atom. The highest BCUT2D eigenvalue weighted by molar-refractivity contribution is 6.02. The quantitative estimate of drug-likeness (QED) is 0.691. The van der Waals surface area contributed by atoms with Crippen LogP contribution in [0.2, 0.25) is 0 Å². The summed E-state index contributed by atoms with van der Waals surface area (Å²) in [5.74, 6) is 1.08. The highest BCUT2D eigenvalue weighted by Crippen LogP contribution is 2.22. The van der Waals surface area contributed by atoms with Gasteiger partial charge in [0.15, 0.2) is 5.78 Å². The van der Waals surface area contributed by atoms with Crippen molar-refractivity contribution < 1.29 is 18.4 Å². The second-order valence-electron chi connectivity index (χ2n) is 6.00. The number of H-pyrrole nitrogens is 1. The Morgan fingerprint density at radius 1 is 1.04 bits per heavy atom. The number of nitrogens with one attached hydrogen (secondary N) is 1. The molecule has 1 N–H and O–H groups in total. The van der Waals surface area contributed by atoms with E-state index in [1.54, 1.807) is 43.4 Å². The van der Waals surface area contributed by atoms with Crippen molar-refractivity contribution >= 4 is 11.7 Å². The van der Waals surface area contributed by atoms with Crippen molar-refractivity contribution in [2.24, 2.45) is 0 Å². The Morgan fingerprint density at radius 3 is 2.00 bits per heavy atom. The molecule has 3 aromatic heterocycles. The van der Waals surface area contributed by atoms with E-state index in [-0.39, 0.29) is 11.7 Å². The summed E-state index contributed by atoms with van der Waals surface area (Å²) < 4.78 is 10.8. The first-order chi connectivity index (χ1) is 12.0. The molecule has 0 aromatic carbocycles. The lowest BCUT2D eigenvalue weighted by molar-refractivity contribution is 0.0698. The first kappa shape index (κ1) is 16.8. The molecule has 0 unspecified atom stereocenters. The van der Waals surface area contributed by atoms with E-state index in [2.05, 4.69) is 4.98 Å². The third kappa shape index (κ3) is 3.42. The number of carbonyl (C=O) groups is 2. The Bertz CT molecular complexity index is 837. The normalized spacial score (nSPS) is 10.8. The van der Waals surface area contributed by atoms with E-state index >= 15 is 0 Å². The van der Waals surface area contributed by atoms with Crippen LogP contribution in [0.15, 0.2) is 45.6 Å². The summed E-state index contributed by atoms with van der Waals surface area (Å²) in [7, 11) is 0. The first-order valence-corrected chi connectivity index (χ1v) is 8.01. The molecule has 0 aliphatic rings. The molecule has 6 nitrogen and oxygen atoms in total. The average molecular weight is 340 g/mol. The molecular formula is C19H20N2O4. The van der Waals surface area contributed by atoms with Crippen LogP contribution in [0.1, 0.15) is 50.5 Å². The predicted molar refractivity (Wildman–Crippen MR) is 91.3 cm³/mol. The minimum Gasteiger partial charge on any atom is -0.467 e. The van der Waals surface area contributed by atoms with Crippen molar-refractivity contribution in [3.63, 3.8) is 0 Å². The van der Waals surface area contributed by atoms with Crippen molar-refractivity contribution in [1.82, 2.24) is 9.88 Å². The Labute approximate surface area is 145 Å². The monoisotopic (exact) mass is 340 g/mol. The van der Waals surface area contributed by atoms with Crippen LogP contribution >= 0.6 is 0 Å². The maximum absolute atomic E-state index is 13.1. The lowest BCUT2D eigenvalue weighted by Crippen LogP contribution is -2.30. The third-order valence-corrected chi connectivity index (χ3v) is 4.14. The van der Waals surface area contributed by atoms with Crippen LogP contribution in [0.4, 0.5) is 0 Å². The highest BCUT2D eigenvalue weighted by Gasteiger charge is 2.25. The number of aromatic amines is 1. The number of amides is 1. The van der Waals surface area contributed by atoms with E-state index < -0.39 is 0 Å². The van der Waals surface area contributed by atoms with Crippen molar-refractivity contribution in [2.75, 3.05) is 0 Å². The smallest absolute Gasteiger partial charge is 0.271 e. The van der Waals surface area contributed by atoms with Gasteiger partial charge in [-0.25, -0.2) is 0 Å². The molecule has 3 rings (SSSR count). The van der Waals surface area contributed by atoms with Gasteiger partial charge in [0.25, 0.3) is 5.91 Å².